The molecule has 1 aliphatic rings. The Bertz CT molecular complexity index is 931. The Hall–Kier alpha value is -3.39. The average Bonchev–Trinajstić information content (AvgIpc) is 3.10. The van der Waals surface area contributed by atoms with Crippen LogP contribution in [0.25, 0.3) is 11.1 Å². The van der Waals surface area contributed by atoms with Crippen LogP contribution in [-0.2, 0) is 19.2 Å². The number of carboxylic acid groups (broad SMARTS) is 1. The summed E-state index contributed by atoms with van der Waals surface area (Å²) < 4.78 is 5.51. The number of aliphatic carboxylic acids is 1. The van der Waals surface area contributed by atoms with E-state index in [1.54, 1.807) is 0 Å². The molecule has 8 nitrogen and oxygen atoms in total. The SMILES string of the molecule is CCC(C)CC(NC(=O)OCC1c2ccccc2-c2ccccc21)C(=O)NOCC(=O)O. The monoisotopic (exact) mass is 440 g/mol. The van der Waals surface area contributed by atoms with Gasteiger partial charge in [0.25, 0.3) is 5.91 Å². The van der Waals surface area contributed by atoms with Gasteiger partial charge in [0, 0.05) is 5.92 Å². The molecule has 170 valence electrons. The largest absolute Gasteiger partial charge is 0.479 e. The number of benzene rings is 2. The highest BCUT2D eigenvalue weighted by atomic mass is 16.7. The molecule has 2 amide bonds. The number of hydrogen-bond donors (Lipinski definition) is 3. The van der Waals surface area contributed by atoms with Gasteiger partial charge in [-0.3, -0.25) is 9.63 Å². The van der Waals surface area contributed by atoms with Crippen molar-refractivity contribution in [2.45, 2.75) is 38.6 Å². The minimum atomic E-state index is -1.21. The van der Waals surface area contributed by atoms with Gasteiger partial charge in [0.15, 0.2) is 6.61 Å². The third-order valence-corrected chi connectivity index (χ3v) is 5.66. The zero-order chi connectivity index (χ0) is 23.1. The van der Waals surface area contributed by atoms with Gasteiger partial charge in [-0.2, -0.15) is 0 Å². The molecule has 0 radical (unpaired) electrons. The number of fused-ring (bicyclic) bond motifs is 3. The van der Waals surface area contributed by atoms with E-state index in [4.69, 9.17) is 9.84 Å². The van der Waals surface area contributed by atoms with Crippen molar-refractivity contribution < 1.29 is 29.1 Å². The van der Waals surface area contributed by atoms with Crippen molar-refractivity contribution in [2.24, 2.45) is 5.92 Å². The zero-order valence-electron chi connectivity index (χ0n) is 18.2. The first-order valence-corrected chi connectivity index (χ1v) is 10.7. The first-order valence-electron chi connectivity index (χ1n) is 10.7. The number of carbonyl (C=O) groups excluding carboxylic acids is 2. The van der Waals surface area contributed by atoms with E-state index in [-0.39, 0.29) is 18.4 Å². The molecular weight excluding hydrogens is 412 g/mol. The summed E-state index contributed by atoms with van der Waals surface area (Å²) in [5.74, 6) is -1.78. The van der Waals surface area contributed by atoms with Crippen LogP contribution in [0, 0.1) is 5.92 Å². The summed E-state index contributed by atoms with van der Waals surface area (Å²) >= 11 is 0. The first kappa shape index (κ1) is 23.3. The van der Waals surface area contributed by atoms with Crippen molar-refractivity contribution >= 4 is 18.0 Å². The Morgan fingerprint density at radius 2 is 1.62 bits per heavy atom. The summed E-state index contributed by atoms with van der Waals surface area (Å²) in [5, 5.41) is 11.2. The van der Waals surface area contributed by atoms with Crippen LogP contribution in [0.3, 0.4) is 0 Å². The highest BCUT2D eigenvalue weighted by molar-refractivity contribution is 5.85. The van der Waals surface area contributed by atoms with Crippen LogP contribution in [0.15, 0.2) is 48.5 Å². The van der Waals surface area contributed by atoms with E-state index >= 15 is 0 Å². The fourth-order valence-electron chi connectivity index (χ4n) is 3.82. The van der Waals surface area contributed by atoms with Crippen molar-refractivity contribution in [1.82, 2.24) is 10.8 Å². The molecule has 0 spiro atoms. The maximum atomic E-state index is 12.5. The summed E-state index contributed by atoms with van der Waals surface area (Å²) in [6.45, 7) is 3.39. The van der Waals surface area contributed by atoms with E-state index in [1.807, 2.05) is 50.2 Å². The van der Waals surface area contributed by atoms with Crippen molar-refractivity contribution in [3.05, 3.63) is 59.7 Å². The Morgan fingerprint density at radius 1 is 1.03 bits per heavy atom. The van der Waals surface area contributed by atoms with E-state index < -0.39 is 30.6 Å². The second-order valence-corrected chi connectivity index (χ2v) is 7.92. The summed E-state index contributed by atoms with van der Waals surface area (Å²) in [5.41, 5.74) is 6.53. The van der Waals surface area contributed by atoms with Crippen LogP contribution >= 0.6 is 0 Å². The Balaban J connectivity index is 1.63. The number of hydroxylamine groups is 1. The van der Waals surface area contributed by atoms with Crippen LogP contribution in [0.1, 0.15) is 43.7 Å². The van der Waals surface area contributed by atoms with Gasteiger partial charge in [0.1, 0.15) is 12.6 Å². The van der Waals surface area contributed by atoms with Gasteiger partial charge in [-0.15, -0.1) is 0 Å². The summed E-state index contributed by atoms with van der Waals surface area (Å²) in [6, 6.07) is 15.1. The number of ether oxygens (including phenoxy) is 1. The van der Waals surface area contributed by atoms with Crippen molar-refractivity contribution in [1.29, 1.82) is 0 Å². The molecule has 1 aliphatic carbocycles. The summed E-state index contributed by atoms with van der Waals surface area (Å²) in [7, 11) is 0. The van der Waals surface area contributed by atoms with E-state index in [1.165, 1.54) is 0 Å². The number of rotatable bonds is 10. The van der Waals surface area contributed by atoms with Crippen LogP contribution in [-0.4, -0.2) is 42.3 Å². The molecule has 2 atom stereocenters. The Morgan fingerprint density at radius 3 is 2.19 bits per heavy atom. The van der Waals surface area contributed by atoms with Crippen molar-refractivity contribution in [3.63, 3.8) is 0 Å². The maximum Gasteiger partial charge on any atom is 0.407 e. The van der Waals surface area contributed by atoms with Crippen LogP contribution in [0.4, 0.5) is 4.79 Å². The smallest absolute Gasteiger partial charge is 0.407 e. The van der Waals surface area contributed by atoms with E-state index in [0.717, 1.165) is 28.7 Å². The molecule has 0 saturated heterocycles. The first-order chi connectivity index (χ1) is 15.4. The molecule has 0 bridgehead atoms. The van der Waals surface area contributed by atoms with Crippen LogP contribution in [0.2, 0.25) is 0 Å². The molecule has 3 rings (SSSR count). The molecule has 2 unspecified atom stereocenters. The van der Waals surface area contributed by atoms with Gasteiger partial charge in [0.2, 0.25) is 0 Å². The summed E-state index contributed by atoms with van der Waals surface area (Å²) in [4.78, 5) is 40.2. The van der Waals surface area contributed by atoms with Crippen LogP contribution in [0.5, 0.6) is 0 Å². The normalized spacial score (nSPS) is 14.1. The topological polar surface area (TPSA) is 114 Å². The number of carbonyl (C=O) groups is 3. The lowest BCUT2D eigenvalue weighted by Gasteiger charge is -2.21. The fourth-order valence-corrected chi connectivity index (χ4v) is 3.82. The standard InChI is InChI=1S/C24H28N2O6/c1-3-15(2)12-21(23(29)26-32-14-22(27)28)25-24(30)31-13-20-18-10-6-4-8-16(18)17-9-5-7-11-19(17)20/h4-11,15,20-21H,3,12-14H2,1-2H3,(H,25,30)(H,26,29)(H,27,28). The van der Waals surface area contributed by atoms with Gasteiger partial charge < -0.3 is 15.2 Å². The van der Waals surface area contributed by atoms with E-state index in [9.17, 15) is 14.4 Å². The van der Waals surface area contributed by atoms with Crippen LogP contribution < -0.4 is 10.8 Å². The highest BCUT2D eigenvalue weighted by Gasteiger charge is 2.30. The van der Waals surface area contributed by atoms with Crippen molar-refractivity contribution in [2.75, 3.05) is 13.2 Å². The molecule has 0 aliphatic heterocycles. The lowest BCUT2D eigenvalue weighted by atomic mass is 9.98. The van der Waals surface area contributed by atoms with E-state index in [2.05, 4.69) is 27.8 Å². The van der Waals surface area contributed by atoms with Gasteiger partial charge >= 0.3 is 12.1 Å². The number of amides is 2. The summed E-state index contributed by atoms with van der Waals surface area (Å²) in [6.07, 6.45) is 0.461. The maximum absolute atomic E-state index is 12.5. The third-order valence-electron chi connectivity index (χ3n) is 5.66. The molecule has 8 heteroatoms. The molecule has 0 aromatic heterocycles. The predicted octanol–water partition coefficient (Wildman–Crippen LogP) is 3.46. The molecule has 2 aromatic rings. The Kier molecular flexibility index (Phi) is 7.83. The molecule has 3 N–H and O–H groups in total. The van der Waals surface area contributed by atoms with Crippen molar-refractivity contribution in [3.8, 4) is 11.1 Å². The number of nitrogens with one attached hydrogen (secondary N) is 2. The molecule has 0 saturated carbocycles. The quantitative estimate of drug-likeness (QED) is 0.488. The highest BCUT2D eigenvalue weighted by Crippen LogP contribution is 2.44. The molecule has 2 aromatic carbocycles. The van der Waals surface area contributed by atoms with Gasteiger partial charge in [-0.05, 0) is 34.6 Å². The average molecular weight is 440 g/mol. The second kappa shape index (κ2) is 10.8. The predicted molar refractivity (Wildman–Crippen MR) is 118 cm³/mol. The minimum Gasteiger partial charge on any atom is -0.479 e. The molecule has 0 heterocycles. The third kappa shape index (κ3) is 5.64. The molecule has 0 fully saturated rings. The van der Waals surface area contributed by atoms with Gasteiger partial charge in [0.05, 0.1) is 0 Å². The number of hydrogen-bond acceptors (Lipinski definition) is 5. The fraction of sp³-hybridized carbons (Fsp3) is 0.375. The number of alkyl carbamates (subject to hydrolysis) is 1. The van der Waals surface area contributed by atoms with Gasteiger partial charge in [-0.1, -0.05) is 68.8 Å². The minimum absolute atomic E-state index is 0.0890. The number of carboxylic acids is 1. The van der Waals surface area contributed by atoms with E-state index in [0.29, 0.717) is 6.42 Å². The molecule has 32 heavy (non-hydrogen) atoms. The van der Waals surface area contributed by atoms with Gasteiger partial charge in [-0.25, -0.2) is 15.1 Å². The lowest BCUT2D eigenvalue weighted by Crippen LogP contribution is -2.48. The molecular formula is C24H28N2O6. The second-order valence-electron chi connectivity index (χ2n) is 7.92. The zero-order valence-corrected chi connectivity index (χ0v) is 18.2. The Labute approximate surface area is 186 Å². The lowest BCUT2D eigenvalue weighted by molar-refractivity contribution is -0.150.